The molecule has 0 aliphatic heterocycles. The molecule has 5 N–H and O–H groups in total. The molecule has 0 spiro atoms. The third kappa shape index (κ3) is 4.81. The summed E-state index contributed by atoms with van der Waals surface area (Å²) in [4.78, 5) is 23.7. The second-order valence-corrected chi connectivity index (χ2v) is 6.54. The lowest BCUT2D eigenvalue weighted by molar-refractivity contribution is -0.137. The molecule has 0 saturated carbocycles. The third-order valence-corrected chi connectivity index (χ3v) is 4.32. The summed E-state index contributed by atoms with van der Waals surface area (Å²) in [5.41, 5.74) is 10.0. The molecule has 156 valence electrons. The first kappa shape index (κ1) is 21.4. The zero-order chi connectivity index (χ0) is 21.9. The molecule has 2 heterocycles. The van der Waals surface area contributed by atoms with E-state index in [2.05, 4.69) is 31.1 Å². The van der Waals surface area contributed by atoms with Crippen molar-refractivity contribution in [1.29, 1.82) is 0 Å². The first-order chi connectivity index (χ1) is 14.2. The molecule has 30 heavy (non-hydrogen) atoms. The lowest BCUT2D eigenvalue weighted by Crippen LogP contribution is -2.30. The number of hydrazine groups is 1. The van der Waals surface area contributed by atoms with E-state index in [1.54, 1.807) is 18.2 Å². The second-order valence-electron chi connectivity index (χ2n) is 5.72. The third-order valence-electron chi connectivity index (χ3n) is 3.70. The minimum absolute atomic E-state index is 0.00801. The fourth-order valence-electron chi connectivity index (χ4n) is 2.22. The van der Waals surface area contributed by atoms with Crippen molar-refractivity contribution in [2.24, 2.45) is 0 Å². The summed E-state index contributed by atoms with van der Waals surface area (Å²) in [6, 6.07) is 7.11. The van der Waals surface area contributed by atoms with Gasteiger partial charge in [0.1, 0.15) is 17.8 Å². The average Bonchev–Trinajstić information content (AvgIpc) is 2.69. The van der Waals surface area contributed by atoms with Crippen LogP contribution in [0, 0.1) is 0 Å². The summed E-state index contributed by atoms with van der Waals surface area (Å²) in [6.45, 7) is 0. The highest BCUT2D eigenvalue weighted by Crippen LogP contribution is 2.34. The van der Waals surface area contributed by atoms with Crippen molar-refractivity contribution in [3.05, 3.63) is 64.0 Å². The molecule has 0 bridgehead atoms. The predicted octanol–water partition coefficient (Wildman–Crippen LogP) is 4.28. The number of halogens is 5. The summed E-state index contributed by atoms with van der Waals surface area (Å²) in [6.07, 6.45) is -2.85. The van der Waals surface area contributed by atoms with Crippen molar-refractivity contribution < 1.29 is 18.0 Å². The van der Waals surface area contributed by atoms with E-state index in [1.807, 2.05) is 0 Å². The number of nitrogens with zero attached hydrogens (tertiary/aromatic N) is 3. The first-order valence-corrected chi connectivity index (χ1v) is 8.83. The Bertz CT molecular complexity index is 1100. The molecule has 0 atom stereocenters. The minimum Gasteiger partial charge on any atom is -0.393 e. The molecule has 1 amide bonds. The maximum atomic E-state index is 12.7. The van der Waals surface area contributed by atoms with Crippen LogP contribution in [0.4, 0.5) is 36.3 Å². The van der Waals surface area contributed by atoms with Crippen LogP contribution in [0.15, 0.2) is 42.9 Å². The quantitative estimate of drug-likeness (QED) is 0.422. The molecule has 8 nitrogen and oxygen atoms in total. The number of hydrogen-bond donors (Lipinski definition) is 4. The Hall–Kier alpha value is -3.31. The Morgan fingerprint density at radius 1 is 1.00 bits per heavy atom. The van der Waals surface area contributed by atoms with Gasteiger partial charge >= 0.3 is 6.18 Å². The van der Waals surface area contributed by atoms with Crippen molar-refractivity contribution in [2.75, 3.05) is 16.5 Å². The van der Waals surface area contributed by atoms with Crippen LogP contribution >= 0.6 is 23.2 Å². The number of hydrogen-bond acceptors (Lipinski definition) is 7. The van der Waals surface area contributed by atoms with Crippen molar-refractivity contribution in [1.82, 2.24) is 20.4 Å². The zero-order valence-electron chi connectivity index (χ0n) is 14.8. The van der Waals surface area contributed by atoms with Crippen LogP contribution in [0.25, 0.3) is 0 Å². The average molecular weight is 458 g/mol. The van der Waals surface area contributed by atoms with Gasteiger partial charge in [-0.1, -0.05) is 35.3 Å². The summed E-state index contributed by atoms with van der Waals surface area (Å²) < 4.78 is 38.2. The number of nitrogen functional groups attached to an aromatic ring is 1. The van der Waals surface area contributed by atoms with E-state index in [0.29, 0.717) is 6.20 Å². The highest BCUT2D eigenvalue weighted by Gasteiger charge is 2.31. The molecule has 3 aromatic rings. The molecule has 0 saturated heterocycles. The monoisotopic (exact) mass is 457 g/mol. The number of pyridine rings is 1. The molecule has 2 aromatic heterocycles. The summed E-state index contributed by atoms with van der Waals surface area (Å²) in [5.74, 6) is -0.605. The Labute approximate surface area is 177 Å². The highest BCUT2D eigenvalue weighted by molar-refractivity contribution is 6.34. The van der Waals surface area contributed by atoms with Crippen molar-refractivity contribution in [3.63, 3.8) is 0 Å². The molecular weight excluding hydrogens is 446 g/mol. The van der Waals surface area contributed by atoms with Crippen LogP contribution in [0.1, 0.15) is 15.9 Å². The van der Waals surface area contributed by atoms with Gasteiger partial charge in [0.25, 0.3) is 5.91 Å². The van der Waals surface area contributed by atoms with Crippen LogP contribution in [-0.2, 0) is 6.18 Å². The molecule has 13 heteroatoms. The van der Waals surface area contributed by atoms with Gasteiger partial charge in [-0.05, 0) is 18.2 Å². The minimum atomic E-state index is -4.58. The molecule has 0 fully saturated rings. The van der Waals surface area contributed by atoms with Gasteiger partial charge in [0, 0.05) is 6.20 Å². The van der Waals surface area contributed by atoms with Crippen LogP contribution in [-0.4, -0.2) is 20.9 Å². The standard InChI is InChI=1S/C17H12Cl2F3N7O/c18-10-4-2-1-3-9(10)16(30)29-28-15-12(23)14(25-7-26-15)27-13-11(19)5-8(6-24-13)17(20,21)22/h1-7H,23H2,(H,29,30)(H2,24,25,26,27,28). The lowest BCUT2D eigenvalue weighted by Gasteiger charge is -2.14. The number of carbonyl (C=O) groups excluding carboxylic acids is 1. The Morgan fingerprint density at radius 3 is 2.37 bits per heavy atom. The zero-order valence-corrected chi connectivity index (χ0v) is 16.3. The van der Waals surface area contributed by atoms with Gasteiger partial charge in [-0.15, -0.1) is 0 Å². The normalized spacial score (nSPS) is 11.1. The van der Waals surface area contributed by atoms with Gasteiger partial charge < -0.3 is 11.1 Å². The Morgan fingerprint density at radius 2 is 1.70 bits per heavy atom. The number of benzene rings is 1. The van der Waals surface area contributed by atoms with Crippen molar-refractivity contribution in [2.45, 2.75) is 6.18 Å². The molecule has 0 unspecified atom stereocenters. The number of anilines is 4. The van der Waals surface area contributed by atoms with Gasteiger partial charge in [0.2, 0.25) is 0 Å². The van der Waals surface area contributed by atoms with E-state index in [1.165, 1.54) is 6.07 Å². The van der Waals surface area contributed by atoms with E-state index in [0.717, 1.165) is 12.4 Å². The molecule has 0 aliphatic carbocycles. The topological polar surface area (TPSA) is 118 Å². The fraction of sp³-hybridized carbons (Fsp3) is 0.0588. The lowest BCUT2D eigenvalue weighted by atomic mass is 10.2. The van der Waals surface area contributed by atoms with Crippen molar-refractivity contribution in [3.8, 4) is 0 Å². The maximum Gasteiger partial charge on any atom is 0.417 e. The number of carbonyl (C=O) groups is 1. The van der Waals surface area contributed by atoms with Crippen molar-refractivity contribution >= 4 is 52.3 Å². The van der Waals surface area contributed by atoms with Crippen LogP contribution in [0.5, 0.6) is 0 Å². The first-order valence-electron chi connectivity index (χ1n) is 8.08. The molecular formula is C17H12Cl2F3N7O. The number of alkyl halides is 3. The molecule has 0 aliphatic rings. The smallest absolute Gasteiger partial charge is 0.393 e. The number of amides is 1. The van der Waals surface area contributed by atoms with Crippen LogP contribution in [0.3, 0.4) is 0 Å². The van der Waals surface area contributed by atoms with E-state index in [9.17, 15) is 18.0 Å². The van der Waals surface area contributed by atoms with E-state index >= 15 is 0 Å². The number of rotatable bonds is 5. The Balaban J connectivity index is 1.75. The summed E-state index contributed by atoms with van der Waals surface area (Å²) >= 11 is 11.8. The molecule has 3 rings (SSSR count). The van der Waals surface area contributed by atoms with E-state index in [4.69, 9.17) is 28.9 Å². The van der Waals surface area contributed by atoms with Gasteiger partial charge in [-0.3, -0.25) is 15.6 Å². The number of aromatic nitrogens is 3. The van der Waals surface area contributed by atoms with Gasteiger partial charge in [-0.25, -0.2) is 15.0 Å². The predicted molar refractivity (Wildman–Crippen MR) is 107 cm³/mol. The van der Waals surface area contributed by atoms with E-state index < -0.39 is 17.6 Å². The van der Waals surface area contributed by atoms with Gasteiger partial charge in [-0.2, -0.15) is 13.2 Å². The number of nitrogens with two attached hydrogens (primary N) is 1. The summed E-state index contributed by atoms with van der Waals surface area (Å²) in [7, 11) is 0. The molecule has 0 radical (unpaired) electrons. The van der Waals surface area contributed by atoms with E-state index in [-0.39, 0.29) is 38.7 Å². The summed E-state index contributed by atoms with van der Waals surface area (Å²) in [5, 5.41) is 2.59. The highest BCUT2D eigenvalue weighted by atomic mass is 35.5. The number of nitrogens with one attached hydrogen (secondary N) is 3. The van der Waals surface area contributed by atoms with Crippen LogP contribution < -0.4 is 21.9 Å². The fourth-order valence-corrected chi connectivity index (χ4v) is 2.66. The maximum absolute atomic E-state index is 12.7. The van der Waals surface area contributed by atoms with Gasteiger partial charge in [0.05, 0.1) is 21.2 Å². The van der Waals surface area contributed by atoms with Crippen LogP contribution in [0.2, 0.25) is 10.0 Å². The Kier molecular flexibility index (Phi) is 6.13. The second kappa shape index (κ2) is 8.59. The SMILES string of the molecule is Nc1c(NNC(=O)c2ccccc2Cl)ncnc1Nc1ncc(C(F)(F)F)cc1Cl. The van der Waals surface area contributed by atoms with Gasteiger partial charge in [0.15, 0.2) is 11.6 Å². The largest absolute Gasteiger partial charge is 0.417 e. The molecule has 1 aromatic carbocycles.